The number of hydrogen-bond acceptors (Lipinski definition) is 6. The van der Waals surface area contributed by atoms with Gasteiger partial charge in [-0.2, -0.15) is 9.61 Å². The molecule has 132 valence electrons. The Morgan fingerprint density at radius 3 is 2.92 bits per heavy atom. The van der Waals surface area contributed by atoms with E-state index in [1.165, 1.54) is 0 Å². The lowest BCUT2D eigenvalue weighted by atomic mass is 10.1. The molecule has 1 aliphatic rings. The standard InChI is InChI=1S/C18H19N7O/c1-12-20-17-14-5-3-4-6-15(14)21-18(25(17)22-12)24-7-8-26-16(11-24)13-9-19-23(2)10-13/h3-6,9-10,16H,7-8,11H2,1-2H3. The van der Waals surface area contributed by atoms with Crippen molar-refractivity contribution in [2.24, 2.45) is 7.05 Å². The van der Waals surface area contributed by atoms with Gasteiger partial charge in [-0.3, -0.25) is 4.68 Å². The van der Waals surface area contributed by atoms with Crippen LogP contribution in [0, 0.1) is 6.92 Å². The number of rotatable bonds is 2. The molecule has 5 rings (SSSR count). The van der Waals surface area contributed by atoms with Gasteiger partial charge in [-0.1, -0.05) is 12.1 Å². The lowest BCUT2D eigenvalue weighted by molar-refractivity contribution is 0.0390. The van der Waals surface area contributed by atoms with Crippen molar-refractivity contribution in [3.63, 3.8) is 0 Å². The second-order valence-electron chi connectivity index (χ2n) is 6.58. The maximum Gasteiger partial charge on any atom is 0.229 e. The number of hydrogen-bond donors (Lipinski definition) is 0. The maximum absolute atomic E-state index is 5.97. The molecular formula is C18H19N7O. The van der Waals surface area contributed by atoms with Crippen LogP contribution in [0.2, 0.25) is 0 Å². The summed E-state index contributed by atoms with van der Waals surface area (Å²) in [4.78, 5) is 11.7. The lowest BCUT2D eigenvalue weighted by Crippen LogP contribution is -2.40. The van der Waals surface area contributed by atoms with Crippen molar-refractivity contribution < 1.29 is 4.74 Å². The second-order valence-corrected chi connectivity index (χ2v) is 6.58. The van der Waals surface area contributed by atoms with E-state index in [1.807, 2.05) is 55.1 Å². The molecule has 0 saturated carbocycles. The molecule has 1 aromatic carbocycles. The summed E-state index contributed by atoms with van der Waals surface area (Å²) in [7, 11) is 1.91. The van der Waals surface area contributed by atoms with Crippen LogP contribution in [-0.4, -0.2) is 49.1 Å². The van der Waals surface area contributed by atoms with Gasteiger partial charge in [0, 0.05) is 30.7 Å². The first-order chi connectivity index (χ1) is 12.7. The van der Waals surface area contributed by atoms with Crippen molar-refractivity contribution in [1.29, 1.82) is 0 Å². The van der Waals surface area contributed by atoms with Crippen LogP contribution in [-0.2, 0) is 11.8 Å². The summed E-state index contributed by atoms with van der Waals surface area (Å²) in [6, 6.07) is 8.05. The van der Waals surface area contributed by atoms with Crippen LogP contribution < -0.4 is 4.90 Å². The Hall–Kier alpha value is -3.00. The zero-order valence-electron chi connectivity index (χ0n) is 14.7. The van der Waals surface area contributed by atoms with Gasteiger partial charge in [0.2, 0.25) is 5.95 Å². The third kappa shape index (κ3) is 2.41. The summed E-state index contributed by atoms with van der Waals surface area (Å²) in [6.45, 7) is 3.99. The monoisotopic (exact) mass is 349 g/mol. The number of benzene rings is 1. The molecule has 26 heavy (non-hydrogen) atoms. The largest absolute Gasteiger partial charge is 0.370 e. The number of nitrogens with zero attached hydrogens (tertiary/aromatic N) is 7. The molecule has 0 spiro atoms. The van der Waals surface area contributed by atoms with Crippen LogP contribution in [0.1, 0.15) is 17.5 Å². The average molecular weight is 349 g/mol. The maximum atomic E-state index is 5.97. The Balaban J connectivity index is 1.61. The van der Waals surface area contributed by atoms with Crippen LogP contribution in [0.25, 0.3) is 16.6 Å². The first-order valence-electron chi connectivity index (χ1n) is 8.66. The number of aromatic nitrogens is 6. The topological polar surface area (TPSA) is 73.4 Å². The second kappa shape index (κ2) is 5.77. The molecule has 0 amide bonds. The summed E-state index contributed by atoms with van der Waals surface area (Å²) in [5.74, 6) is 1.54. The average Bonchev–Trinajstić information content (AvgIpc) is 3.26. The SMILES string of the molecule is Cc1nc2c3ccccc3nc(N3CCOC(c4cnn(C)c4)C3)n2n1. The highest BCUT2D eigenvalue weighted by molar-refractivity contribution is 5.92. The quantitative estimate of drug-likeness (QED) is 0.550. The summed E-state index contributed by atoms with van der Waals surface area (Å²) in [6.07, 6.45) is 3.82. The molecule has 0 bridgehead atoms. The molecule has 1 atom stereocenters. The van der Waals surface area contributed by atoms with Crippen LogP contribution >= 0.6 is 0 Å². The first kappa shape index (κ1) is 15.3. The molecule has 1 aliphatic heterocycles. The van der Waals surface area contributed by atoms with Gasteiger partial charge in [0.25, 0.3) is 0 Å². The van der Waals surface area contributed by atoms with Crippen molar-refractivity contribution in [3.05, 3.63) is 48.0 Å². The number of fused-ring (bicyclic) bond motifs is 3. The van der Waals surface area contributed by atoms with Crippen molar-refractivity contribution >= 4 is 22.5 Å². The van der Waals surface area contributed by atoms with Crippen molar-refractivity contribution in [1.82, 2.24) is 29.4 Å². The Bertz CT molecular complexity index is 1100. The van der Waals surface area contributed by atoms with Gasteiger partial charge < -0.3 is 9.64 Å². The molecule has 8 heteroatoms. The van der Waals surface area contributed by atoms with Gasteiger partial charge in [0.1, 0.15) is 11.9 Å². The minimum absolute atomic E-state index is 0.0367. The molecule has 0 radical (unpaired) electrons. The van der Waals surface area contributed by atoms with E-state index in [-0.39, 0.29) is 6.10 Å². The smallest absolute Gasteiger partial charge is 0.229 e. The predicted octanol–water partition coefficient (Wildman–Crippen LogP) is 1.90. The summed E-state index contributed by atoms with van der Waals surface area (Å²) >= 11 is 0. The van der Waals surface area contributed by atoms with E-state index in [2.05, 4.69) is 20.1 Å². The molecule has 8 nitrogen and oxygen atoms in total. The third-order valence-corrected chi connectivity index (χ3v) is 4.71. The molecule has 3 aromatic heterocycles. The van der Waals surface area contributed by atoms with E-state index < -0.39 is 0 Å². The summed E-state index contributed by atoms with van der Waals surface area (Å²) < 4.78 is 9.61. The van der Waals surface area contributed by atoms with E-state index >= 15 is 0 Å². The zero-order valence-corrected chi connectivity index (χ0v) is 14.7. The van der Waals surface area contributed by atoms with Crippen molar-refractivity contribution in [2.75, 3.05) is 24.6 Å². The van der Waals surface area contributed by atoms with Crippen molar-refractivity contribution in [2.45, 2.75) is 13.0 Å². The minimum Gasteiger partial charge on any atom is -0.370 e. The number of anilines is 1. The van der Waals surface area contributed by atoms with Gasteiger partial charge in [0.05, 0.1) is 24.9 Å². The fraction of sp³-hybridized carbons (Fsp3) is 0.333. The molecule has 1 fully saturated rings. The first-order valence-corrected chi connectivity index (χ1v) is 8.66. The number of aryl methyl sites for hydroxylation is 2. The summed E-state index contributed by atoms with van der Waals surface area (Å²) in [5, 5.41) is 9.85. The van der Waals surface area contributed by atoms with Crippen molar-refractivity contribution in [3.8, 4) is 0 Å². The van der Waals surface area contributed by atoms with E-state index in [4.69, 9.17) is 9.72 Å². The zero-order chi connectivity index (χ0) is 17.7. The molecule has 0 aliphatic carbocycles. The molecular weight excluding hydrogens is 330 g/mol. The van der Waals surface area contributed by atoms with E-state index in [9.17, 15) is 0 Å². The fourth-order valence-corrected chi connectivity index (χ4v) is 3.49. The highest BCUT2D eigenvalue weighted by Gasteiger charge is 2.26. The molecule has 1 saturated heterocycles. The van der Waals surface area contributed by atoms with Crippen LogP contribution in [0.5, 0.6) is 0 Å². The van der Waals surface area contributed by atoms with E-state index in [0.717, 1.165) is 40.4 Å². The van der Waals surface area contributed by atoms with Crippen LogP contribution in [0.15, 0.2) is 36.7 Å². The van der Waals surface area contributed by atoms with Crippen LogP contribution in [0.4, 0.5) is 5.95 Å². The Morgan fingerprint density at radius 1 is 1.19 bits per heavy atom. The lowest BCUT2D eigenvalue weighted by Gasteiger charge is -2.33. The fourth-order valence-electron chi connectivity index (χ4n) is 3.49. The highest BCUT2D eigenvalue weighted by atomic mass is 16.5. The number of para-hydroxylation sites is 1. The van der Waals surface area contributed by atoms with Gasteiger partial charge in [0.15, 0.2) is 5.65 Å². The Labute approximate surface area is 150 Å². The van der Waals surface area contributed by atoms with Gasteiger partial charge in [-0.15, -0.1) is 5.10 Å². The van der Waals surface area contributed by atoms with Gasteiger partial charge in [-0.25, -0.2) is 9.97 Å². The minimum atomic E-state index is -0.0367. The van der Waals surface area contributed by atoms with E-state index in [1.54, 1.807) is 4.68 Å². The highest BCUT2D eigenvalue weighted by Crippen LogP contribution is 2.27. The third-order valence-electron chi connectivity index (χ3n) is 4.71. The van der Waals surface area contributed by atoms with E-state index in [0.29, 0.717) is 13.2 Å². The molecule has 1 unspecified atom stereocenters. The number of morpholine rings is 1. The van der Waals surface area contributed by atoms with Gasteiger partial charge in [-0.05, 0) is 19.1 Å². The summed E-state index contributed by atoms with van der Waals surface area (Å²) in [5.41, 5.74) is 2.84. The Morgan fingerprint density at radius 2 is 2.08 bits per heavy atom. The number of ether oxygens (including phenoxy) is 1. The predicted molar refractivity (Wildman–Crippen MR) is 97.1 cm³/mol. The van der Waals surface area contributed by atoms with Crippen LogP contribution in [0.3, 0.4) is 0 Å². The molecule has 4 heterocycles. The normalized spacial score (nSPS) is 18.1. The molecule has 0 N–H and O–H groups in total. The van der Waals surface area contributed by atoms with Gasteiger partial charge >= 0.3 is 0 Å². The Kier molecular flexibility index (Phi) is 3.39. The molecule has 4 aromatic rings.